The maximum atomic E-state index is 12.0. The molecule has 1 heterocycles. The van der Waals surface area contributed by atoms with Crippen molar-refractivity contribution in [2.45, 2.75) is 46.0 Å². The lowest BCUT2D eigenvalue weighted by Gasteiger charge is -2.13. The van der Waals surface area contributed by atoms with Gasteiger partial charge in [0.1, 0.15) is 0 Å². The molecule has 0 N–H and O–H groups in total. The Balaban J connectivity index is 2.46. The van der Waals surface area contributed by atoms with Crippen LogP contribution in [0, 0.1) is 5.92 Å². The first-order chi connectivity index (χ1) is 6.79. The highest BCUT2D eigenvalue weighted by molar-refractivity contribution is 8.04. The summed E-state index contributed by atoms with van der Waals surface area (Å²) >= 11 is 1.74. The number of thioether (sulfide) groups is 1. The van der Waals surface area contributed by atoms with E-state index in [1.807, 2.05) is 0 Å². The highest BCUT2D eigenvalue weighted by atomic mass is 32.2. The maximum absolute atomic E-state index is 12.0. The molecule has 1 aliphatic heterocycles. The van der Waals surface area contributed by atoms with E-state index in [2.05, 4.69) is 19.9 Å². The maximum Gasteiger partial charge on any atom is 0.171 e. The minimum absolute atomic E-state index is 0.284. The van der Waals surface area contributed by atoms with E-state index in [1.54, 1.807) is 11.8 Å². The molecule has 0 aromatic carbocycles. The third-order valence-corrected chi connectivity index (χ3v) is 3.84. The van der Waals surface area contributed by atoms with Crippen molar-refractivity contribution >= 4 is 17.5 Å². The number of Topliss-reactive ketones (excluding diaryl/α,β-unsaturated/α-hetero) is 1. The van der Waals surface area contributed by atoms with Gasteiger partial charge in [0.05, 0.1) is 0 Å². The topological polar surface area (TPSA) is 17.1 Å². The van der Waals surface area contributed by atoms with E-state index in [0.717, 1.165) is 29.9 Å². The number of unbranched alkanes of at least 4 members (excludes halogenated alkanes) is 1. The van der Waals surface area contributed by atoms with Gasteiger partial charge in [-0.1, -0.05) is 32.8 Å². The molecule has 0 aromatic rings. The normalized spacial score (nSPS) is 18.0. The van der Waals surface area contributed by atoms with Crippen LogP contribution in [0.2, 0.25) is 0 Å². The molecule has 0 amide bonds. The average molecular weight is 212 g/mol. The molecule has 1 nitrogen and oxygen atoms in total. The molecule has 0 saturated carbocycles. The number of carbonyl (C=O) groups is 1. The summed E-state index contributed by atoms with van der Waals surface area (Å²) in [7, 11) is 0. The number of rotatable bonds is 6. The molecular formula is C12H20OS. The quantitative estimate of drug-likeness (QED) is 0.666. The molecule has 0 bridgehead atoms. The lowest BCUT2D eigenvalue weighted by molar-refractivity contribution is -0.118. The Labute approximate surface area is 91.3 Å². The van der Waals surface area contributed by atoms with Gasteiger partial charge in [0, 0.05) is 16.6 Å². The van der Waals surface area contributed by atoms with Crippen molar-refractivity contribution in [3.05, 3.63) is 11.0 Å². The van der Waals surface area contributed by atoms with Gasteiger partial charge in [-0.15, -0.1) is 11.8 Å². The van der Waals surface area contributed by atoms with Crippen LogP contribution in [-0.2, 0) is 4.79 Å². The van der Waals surface area contributed by atoms with Crippen LogP contribution in [0.15, 0.2) is 11.0 Å². The van der Waals surface area contributed by atoms with Gasteiger partial charge in [-0.3, -0.25) is 4.79 Å². The van der Waals surface area contributed by atoms with E-state index in [0.29, 0.717) is 5.78 Å². The summed E-state index contributed by atoms with van der Waals surface area (Å²) in [6, 6.07) is 0. The Morgan fingerprint density at radius 2 is 2.36 bits per heavy atom. The molecule has 1 aliphatic rings. The van der Waals surface area contributed by atoms with Crippen molar-refractivity contribution in [2.75, 3.05) is 5.75 Å². The minimum Gasteiger partial charge on any atom is -0.293 e. The number of allylic oxidation sites excluding steroid dienone is 2. The van der Waals surface area contributed by atoms with Crippen molar-refractivity contribution in [2.24, 2.45) is 5.92 Å². The largest absolute Gasteiger partial charge is 0.293 e. The van der Waals surface area contributed by atoms with E-state index in [9.17, 15) is 4.79 Å². The van der Waals surface area contributed by atoms with Gasteiger partial charge in [-0.25, -0.2) is 0 Å². The van der Waals surface area contributed by atoms with E-state index in [-0.39, 0.29) is 5.92 Å². The summed E-state index contributed by atoms with van der Waals surface area (Å²) in [4.78, 5) is 13.0. The standard InChI is InChI=1S/C12H20OS/c1-3-5-7-10(4-2)12(13)11-8-6-9-14-11/h8,10H,3-7,9H2,1-2H3. The van der Waals surface area contributed by atoms with Gasteiger partial charge in [0.15, 0.2) is 5.78 Å². The summed E-state index contributed by atoms with van der Waals surface area (Å²) < 4.78 is 0. The minimum atomic E-state index is 0.284. The fourth-order valence-electron chi connectivity index (χ4n) is 1.76. The van der Waals surface area contributed by atoms with Crippen LogP contribution in [0.3, 0.4) is 0 Å². The Bertz CT molecular complexity index is 220. The van der Waals surface area contributed by atoms with E-state index in [4.69, 9.17) is 0 Å². The Kier molecular flexibility index (Phi) is 5.31. The first kappa shape index (κ1) is 11.8. The van der Waals surface area contributed by atoms with Crippen molar-refractivity contribution in [1.29, 1.82) is 0 Å². The molecule has 0 aromatic heterocycles. The Morgan fingerprint density at radius 3 is 2.86 bits per heavy atom. The molecule has 14 heavy (non-hydrogen) atoms. The lowest BCUT2D eigenvalue weighted by Crippen LogP contribution is -2.14. The highest BCUT2D eigenvalue weighted by Gasteiger charge is 2.21. The van der Waals surface area contributed by atoms with Crippen molar-refractivity contribution in [3.8, 4) is 0 Å². The molecule has 0 spiro atoms. The number of hydrogen-bond donors (Lipinski definition) is 0. The van der Waals surface area contributed by atoms with Crippen LogP contribution in [0.1, 0.15) is 46.0 Å². The predicted molar refractivity (Wildman–Crippen MR) is 63.5 cm³/mol. The first-order valence-electron chi connectivity index (χ1n) is 5.66. The summed E-state index contributed by atoms with van der Waals surface area (Å²) in [5.74, 6) is 1.79. The average Bonchev–Trinajstić information content (AvgIpc) is 2.71. The van der Waals surface area contributed by atoms with E-state index < -0.39 is 0 Å². The molecule has 1 rings (SSSR count). The second-order valence-electron chi connectivity index (χ2n) is 3.82. The number of hydrogen-bond acceptors (Lipinski definition) is 2. The lowest BCUT2D eigenvalue weighted by atomic mass is 9.94. The molecule has 0 fully saturated rings. The zero-order valence-electron chi connectivity index (χ0n) is 9.21. The van der Waals surface area contributed by atoms with Crippen molar-refractivity contribution in [3.63, 3.8) is 0 Å². The monoisotopic (exact) mass is 212 g/mol. The van der Waals surface area contributed by atoms with Crippen LogP contribution in [0.5, 0.6) is 0 Å². The van der Waals surface area contributed by atoms with Gasteiger partial charge < -0.3 is 0 Å². The van der Waals surface area contributed by atoms with Crippen LogP contribution in [0.25, 0.3) is 0 Å². The van der Waals surface area contributed by atoms with E-state index in [1.165, 1.54) is 12.8 Å². The zero-order chi connectivity index (χ0) is 10.4. The Morgan fingerprint density at radius 1 is 1.57 bits per heavy atom. The molecule has 2 heteroatoms. The smallest absolute Gasteiger partial charge is 0.171 e. The first-order valence-corrected chi connectivity index (χ1v) is 6.65. The fourth-order valence-corrected chi connectivity index (χ4v) is 2.76. The predicted octanol–water partition coefficient (Wildman–Crippen LogP) is 3.79. The Hall–Kier alpha value is -0.240. The summed E-state index contributed by atoms with van der Waals surface area (Å²) in [5, 5.41) is 0. The molecule has 1 unspecified atom stereocenters. The van der Waals surface area contributed by atoms with Crippen LogP contribution in [-0.4, -0.2) is 11.5 Å². The van der Waals surface area contributed by atoms with Gasteiger partial charge in [0.2, 0.25) is 0 Å². The SMILES string of the molecule is CCCCC(CC)C(=O)C1=CCCS1. The fraction of sp³-hybridized carbons (Fsp3) is 0.750. The second kappa shape index (κ2) is 6.28. The molecular weight excluding hydrogens is 192 g/mol. The molecule has 0 radical (unpaired) electrons. The van der Waals surface area contributed by atoms with Crippen molar-refractivity contribution < 1.29 is 4.79 Å². The van der Waals surface area contributed by atoms with Gasteiger partial charge in [-0.2, -0.15) is 0 Å². The van der Waals surface area contributed by atoms with Crippen molar-refractivity contribution in [1.82, 2.24) is 0 Å². The van der Waals surface area contributed by atoms with Crippen LogP contribution < -0.4 is 0 Å². The van der Waals surface area contributed by atoms with Gasteiger partial charge in [0.25, 0.3) is 0 Å². The third-order valence-electron chi connectivity index (χ3n) is 2.72. The van der Waals surface area contributed by atoms with Crippen LogP contribution >= 0.6 is 11.8 Å². The van der Waals surface area contributed by atoms with Gasteiger partial charge in [-0.05, 0) is 19.3 Å². The summed E-state index contributed by atoms with van der Waals surface area (Å²) in [6.07, 6.45) is 7.64. The molecule has 0 saturated heterocycles. The summed E-state index contributed by atoms with van der Waals surface area (Å²) in [6.45, 7) is 4.30. The van der Waals surface area contributed by atoms with E-state index >= 15 is 0 Å². The number of carbonyl (C=O) groups excluding carboxylic acids is 1. The second-order valence-corrected chi connectivity index (χ2v) is 4.95. The van der Waals surface area contributed by atoms with Crippen LogP contribution in [0.4, 0.5) is 0 Å². The highest BCUT2D eigenvalue weighted by Crippen LogP contribution is 2.30. The third kappa shape index (κ3) is 3.16. The molecule has 1 atom stereocenters. The summed E-state index contributed by atoms with van der Waals surface area (Å²) in [5.41, 5.74) is 0. The molecule has 0 aliphatic carbocycles. The number of ketones is 1. The molecule has 80 valence electrons. The zero-order valence-corrected chi connectivity index (χ0v) is 10.0. The van der Waals surface area contributed by atoms with Gasteiger partial charge >= 0.3 is 0 Å².